The molecule has 1 saturated heterocycles. The molecule has 33 heavy (non-hydrogen) atoms. The summed E-state index contributed by atoms with van der Waals surface area (Å²) in [5.74, 6) is -0.401. The summed E-state index contributed by atoms with van der Waals surface area (Å²) in [4.78, 5) is 39.4. The summed E-state index contributed by atoms with van der Waals surface area (Å²) in [5.41, 5.74) is 0.579. The summed E-state index contributed by atoms with van der Waals surface area (Å²) in [6.07, 6.45) is 2.21. The largest absolute Gasteiger partial charge is 0.497 e. The third-order valence-corrected chi connectivity index (χ3v) is 6.11. The number of benzene rings is 1. The van der Waals surface area contributed by atoms with Gasteiger partial charge in [-0.25, -0.2) is 0 Å². The normalized spacial score (nSPS) is 15.7. The minimum Gasteiger partial charge on any atom is -0.497 e. The van der Waals surface area contributed by atoms with E-state index in [2.05, 4.69) is 20.8 Å². The SMILES string of the molecule is CCOCCCNC(=O)C1CCCN(C(=O)c2nnc(C(=O)Nc3ccc(OC)cc3)s2)C1. The Kier molecular flexibility index (Phi) is 9.14. The van der Waals surface area contributed by atoms with Crippen LogP contribution in [0.15, 0.2) is 24.3 Å². The molecule has 0 spiro atoms. The maximum Gasteiger partial charge on any atom is 0.286 e. The van der Waals surface area contributed by atoms with Crippen molar-refractivity contribution in [1.82, 2.24) is 20.4 Å². The number of likely N-dealkylation sites (tertiary alicyclic amines) is 1. The van der Waals surface area contributed by atoms with Gasteiger partial charge in [-0.05, 0) is 50.5 Å². The van der Waals surface area contributed by atoms with Crippen molar-refractivity contribution in [2.45, 2.75) is 26.2 Å². The molecule has 1 unspecified atom stereocenters. The number of ether oxygens (including phenoxy) is 2. The summed E-state index contributed by atoms with van der Waals surface area (Å²) >= 11 is 0.936. The summed E-state index contributed by atoms with van der Waals surface area (Å²) in [6.45, 7) is 4.61. The van der Waals surface area contributed by atoms with Gasteiger partial charge in [-0.15, -0.1) is 10.2 Å². The van der Waals surface area contributed by atoms with E-state index in [0.717, 1.165) is 30.6 Å². The molecule has 2 heterocycles. The first-order valence-corrected chi connectivity index (χ1v) is 11.8. The van der Waals surface area contributed by atoms with Gasteiger partial charge < -0.3 is 25.0 Å². The molecule has 0 aliphatic carbocycles. The molecule has 1 aliphatic heterocycles. The highest BCUT2D eigenvalue weighted by Crippen LogP contribution is 2.21. The van der Waals surface area contributed by atoms with Crippen LogP contribution in [0.3, 0.4) is 0 Å². The maximum atomic E-state index is 12.9. The predicted molar refractivity (Wildman–Crippen MR) is 124 cm³/mol. The van der Waals surface area contributed by atoms with Crippen LogP contribution >= 0.6 is 11.3 Å². The molecule has 11 heteroatoms. The van der Waals surface area contributed by atoms with E-state index in [1.165, 1.54) is 0 Å². The van der Waals surface area contributed by atoms with E-state index in [4.69, 9.17) is 9.47 Å². The number of hydrogen-bond donors (Lipinski definition) is 2. The standard InChI is InChI=1S/C22H29N5O5S/c1-3-32-13-5-11-23-18(28)15-6-4-12-27(14-15)22(30)21-26-25-20(33-21)19(29)24-16-7-9-17(31-2)10-8-16/h7-10,15H,3-6,11-14H2,1-2H3,(H,23,28)(H,24,29). The minimum absolute atomic E-state index is 0.0548. The number of carbonyl (C=O) groups is 3. The number of piperidine rings is 1. The second kappa shape index (κ2) is 12.3. The average Bonchev–Trinajstić information content (AvgIpc) is 3.34. The molecule has 1 fully saturated rings. The van der Waals surface area contributed by atoms with Gasteiger partial charge in [0.2, 0.25) is 15.9 Å². The van der Waals surface area contributed by atoms with Crippen molar-refractivity contribution in [3.8, 4) is 5.75 Å². The smallest absolute Gasteiger partial charge is 0.286 e. The molecule has 1 aromatic carbocycles. The highest BCUT2D eigenvalue weighted by Gasteiger charge is 2.30. The lowest BCUT2D eigenvalue weighted by molar-refractivity contribution is -0.126. The summed E-state index contributed by atoms with van der Waals surface area (Å²) < 4.78 is 10.4. The first-order chi connectivity index (χ1) is 16.0. The fourth-order valence-electron chi connectivity index (χ4n) is 3.45. The van der Waals surface area contributed by atoms with Gasteiger partial charge in [-0.3, -0.25) is 14.4 Å². The van der Waals surface area contributed by atoms with Gasteiger partial charge >= 0.3 is 0 Å². The van der Waals surface area contributed by atoms with E-state index in [9.17, 15) is 14.4 Å². The third kappa shape index (κ3) is 6.96. The molecular weight excluding hydrogens is 446 g/mol. The van der Waals surface area contributed by atoms with E-state index >= 15 is 0 Å². The molecule has 1 atom stereocenters. The van der Waals surface area contributed by atoms with Gasteiger partial charge in [0.1, 0.15) is 5.75 Å². The summed E-state index contributed by atoms with van der Waals surface area (Å²) in [6, 6.07) is 6.87. The number of nitrogens with one attached hydrogen (secondary N) is 2. The molecule has 3 rings (SSSR count). The molecular formula is C22H29N5O5S. The number of anilines is 1. The first-order valence-electron chi connectivity index (χ1n) is 11.0. The van der Waals surface area contributed by atoms with Gasteiger partial charge in [0, 0.05) is 38.5 Å². The lowest BCUT2D eigenvalue weighted by atomic mass is 9.97. The van der Waals surface area contributed by atoms with Gasteiger partial charge in [0.25, 0.3) is 11.8 Å². The fraction of sp³-hybridized carbons (Fsp3) is 0.500. The monoisotopic (exact) mass is 475 g/mol. The summed E-state index contributed by atoms with van der Waals surface area (Å²) in [5, 5.41) is 13.6. The van der Waals surface area contributed by atoms with Crippen LogP contribution in [0, 0.1) is 5.92 Å². The fourth-order valence-corrected chi connectivity index (χ4v) is 4.15. The highest BCUT2D eigenvalue weighted by atomic mass is 32.1. The molecule has 1 aromatic heterocycles. The Balaban J connectivity index is 1.53. The Morgan fingerprint density at radius 3 is 2.67 bits per heavy atom. The Morgan fingerprint density at radius 2 is 1.94 bits per heavy atom. The Bertz CT molecular complexity index is 949. The van der Waals surface area contributed by atoms with E-state index in [1.54, 1.807) is 36.3 Å². The zero-order valence-corrected chi connectivity index (χ0v) is 19.7. The Labute approximate surface area is 196 Å². The van der Waals surface area contributed by atoms with Crippen LogP contribution in [-0.4, -0.2) is 72.8 Å². The number of nitrogens with zero attached hydrogens (tertiary/aromatic N) is 3. The molecule has 0 bridgehead atoms. The molecule has 2 aromatic rings. The lowest BCUT2D eigenvalue weighted by Crippen LogP contribution is -2.45. The second-order valence-electron chi connectivity index (χ2n) is 7.53. The number of aromatic nitrogens is 2. The molecule has 3 amide bonds. The summed E-state index contributed by atoms with van der Waals surface area (Å²) in [7, 11) is 1.56. The number of methoxy groups -OCH3 is 1. The van der Waals surface area contributed by atoms with Crippen LogP contribution < -0.4 is 15.4 Å². The van der Waals surface area contributed by atoms with Crippen LogP contribution in [-0.2, 0) is 9.53 Å². The van der Waals surface area contributed by atoms with E-state index < -0.39 is 5.91 Å². The average molecular weight is 476 g/mol. The zero-order chi connectivity index (χ0) is 23.6. The first kappa shape index (κ1) is 24.6. The van der Waals surface area contributed by atoms with Crippen molar-refractivity contribution in [2.75, 3.05) is 45.3 Å². The maximum absolute atomic E-state index is 12.9. The van der Waals surface area contributed by atoms with Crippen LogP contribution in [0.4, 0.5) is 5.69 Å². The van der Waals surface area contributed by atoms with Crippen molar-refractivity contribution in [1.29, 1.82) is 0 Å². The molecule has 0 saturated carbocycles. The molecule has 10 nitrogen and oxygen atoms in total. The molecule has 178 valence electrons. The topological polar surface area (TPSA) is 123 Å². The Hall–Kier alpha value is -3.05. The molecule has 2 N–H and O–H groups in total. The van der Waals surface area contributed by atoms with Crippen molar-refractivity contribution in [2.24, 2.45) is 5.92 Å². The van der Waals surface area contributed by atoms with Crippen molar-refractivity contribution >= 4 is 34.7 Å². The zero-order valence-electron chi connectivity index (χ0n) is 18.8. The van der Waals surface area contributed by atoms with Crippen molar-refractivity contribution in [3.05, 3.63) is 34.3 Å². The molecule has 0 radical (unpaired) electrons. The van der Waals surface area contributed by atoms with Gasteiger partial charge in [0.15, 0.2) is 0 Å². The second-order valence-corrected chi connectivity index (χ2v) is 8.50. The van der Waals surface area contributed by atoms with E-state index in [-0.39, 0.29) is 27.7 Å². The van der Waals surface area contributed by atoms with E-state index in [0.29, 0.717) is 44.3 Å². The van der Waals surface area contributed by atoms with E-state index in [1.807, 2.05) is 6.92 Å². The third-order valence-electron chi connectivity index (χ3n) is 5.20. The van der Waals surface area contributed by atoms with Crippen LogP contribution in [0.25, 0.3) is 0 Å². The van der Waals surface area contributed by atoms with Crippen molar-refractivity contribution < 1.29 is 23.9 Å². The number of hydrogen-bond acceptors (Lipinski definition) is 8. The van der Waals surface area contributed by atoms with Crippen LogP contribution in [0.5, 0.6) is 5.75 Å². The molecule has 1 aliphatic rings. The number of rotatable bonds is 10. The van der Waals surface area contributed by atoms with Crippen LogP contribution in [0.2, 0.25) is 0 Å². The quantitative estimate of drug-likeness (QED) is 0.505. The predicted octanol–water partition coefficient (Wildman–Crippen LogP) is 2.19. The Morgan fingerprint density at radius 1 is 1.18 bits per heavy atom. The van der Waals surface area contributed by atoms with Gasteiger partial charge in [-0.1, -0.05) is 11.3 Å². The highest BCUT2D eigenvalue weighted by molar-refractivity contribution is 7.15. The number of amides is 3. The minimum atomic E-state index is -0.445. The van der Waals surface area contributed by atoms with Crippen LogP contribution in [0.1, 0.15) is 45.8 Å². The number of carbonyl (C=O) groups excluding carboxylic acids is 3. The van der Waals surface area contributed by atoms with Crippen molar-refractivity contribution in [3.63, 3.8) is 0 Å². The van der Waals surface area contributed by atoms with Gasteiger partial charge in [0.05, 0.1) is 13.0 Å². The lowest BCUT2D eigenvalue weighted by Gasteiger charge is -2.31. The van der Waals surface area contributed by atoms with Gasteiger partial charge in [-0.2, -0.15) is 0 Å².